The Morgan fingerprint density at radius 1 is 1.44 bits per heavy atom. The van der Waals surface area contributed by atoms with Crippen LogP contribution in [-0.2, 0) is 11.2 Å². The van der Waals surface area contributed by atoms with Gasteiger partial charge in [-0.25, -0.2) is 8.78 Å². The monoisotopic (exact) mass is 258 g/mol. The van der Waals surface area contributed by atoms with Gasteiger partial charge in [-0.15, -0.1) is 0 Å². The Morgan fingerprint density at radius 3 is 2.50 bits per heavy atom. The summed E-state index contributed by atoms with van der Waals surface area (Å²) in [5.74, 6) is -0.740. The number of methoxy groups -OCH3 is 1. The largest absolute Gasteiger partial charge is 0.496 e. The first-order valence-corrected chi connectivity index (χ1v) is 5.47. The number of benzene rings is 1. The molecule has 0 aliphatic heterocycles. The van der Waals surface area contributed by atoms with Crippen molar-refractivity contribution in [2.75, 3.05) is 7.11 Å². The van der Waals surface area contributed by atoms with Crippen LogP contribution in [0.5, 0.6) is 5.75 Å². The lowest BCUT2D eigenvalue weighted by Gasteiger charge is -2.22. The minimum atomic E-state index is -2.65. The number of alkyl halides is 2. The van der Waals surface area contributed by atoms with E-state index in [9.17, 15) is 13.6 Å². The van der Waals surface area contributed by atoms with E-state index in [0.717, 1.165) is 0 Å². The summed E-state index contributed by atoms with van der Waals surface area (Å²) in [6, 6.07) is 4.32. The van der Waals surface area contributed by atoms with E-state index in [4.69, 9.17) is 9.84 Å². The second-order valence-corrected chi connectivity index (χ2v) is 4.69. The summed E-state index contributed by atoms with van der Waals surface area (Å²) >= 11 is 0. The van der Waals surface area contributed by atoms with Crippen molar-refractivity contribution >= 4 is 5.97 Å². The molecule has 0 heterocycles. The zero-order valence-corrected chi connectivity index (χ0v) is 10.5. The van der Waals surface area contributed by atoms with Crippen LogP contribution in [0.1, 0.15) is 31.4 Å². The first-order chi connectivity index (χ1) is 8.29. The van der Waals surface area contributed by atoms with Crippen molar-refractivity contribution in [1.82, 2.24) is 0 Å². The van der Waals surface area contributed by atoms with Crippen molar-refractivity contribution in [2.45, 2.75) is 26.7 Å². The number of carboxylic acid groups (broad SMARTS) is 1. The zero-order valence-electron chi connectivity index (χ0n) is 10.5. The Bertz CT molecular complexity index is 442. The molecule has 0 saturated carbocycles. The Balaban J connectivity index is 3.24. The van der Waals surface area contributed by atoms with Gasteiger partial charge in [0.05, 0.1) is 12.5 Å². The summed E-state index contributed by atoms with van der Waals surface area (Å²) in [5, 5.41) is 9.07. The summed E-state index contributed by atoms with van der Waals surface area (Å²) in [6.07, 6.45) is -2.66. The highest BCUT2D eigenvalue weighted by molar-refractivity contribution is 5.74. The van der Waals surface area contributed by atoms with Crippen molar-refractivity contribution in [3.8, 4) is 5.75 Å². The van der Waals surface area contributed by atoms with Crippen molar-refractivity contribution in [3.63, 3.8) is 0 Å². The van der Waals surface area contributed by atoms with E-state index in [1.807, 2.05) is 0 Å². The quantitative estimate of drug-likeness (QED) is 0.881. The lowest BCUT2D eigenvalue weighted by atomic mass is 9.84. The van der Waals surface area contributed by atoms with Crippen LogP contribution >= 0.6 is 0 Å². The molecule has 0 spiro atoms. The Labute approximate surface area is 104 Å². The maximum absolute atomic E-state index is 12.9. The third kappa shape index (κ3) is 2.97. The average molecular weight is 258 g/mol. The predicted molar refractivity (Wildman–Crippen MR) is 63.1 cm³/mol. The second kappa shape index (κ2) is 5.33. The molecular weight excluding hydrogens is 242 g/mol. The molecule has 18 heavy (non-hydrogen) atoms. The van der Waals surface area contributed by atoms with Gasteiger partial charge in [-0.2, -0.15) is 0 Å². The maximum atomic E-state index is 12.9. The molecule has 0 bridgehead atoms. The fourth-order valence-corrected chi connectivity index (χ4v) is 1.69. The highest BCUT2D eigenvalue weighted by Gasteiger charge is 2.31. The molecular formula is C13H16F2O3. The Kier molecular flexibility index (Phi) is 4.27. The van der Waals surface area contributed by atoms with Crippen molar-refractivity contribution in [3.05, 3.63) is 29.3 Å². The first kappa shape index (κ1) is 14.4. The molecule has 3 nitrogen and oxygen atoms in total. The summed E-state index contributed by atoms with van der Waals surface area (Å²) in [4.78, 5) is 11.1. The van der Waals surface area contributed by atoms with Gasteiger partial charge in [0.1, 0.15) is 5.75 Å². The van der Waals surface area contributed by atoms with Crippen LogP contribution in [0.2, 0.25) is 0 Å². The molecule has 1 rings (SSSR count). The lowest BCUT2D eigenvalue weighted by Crippen LogP contribution is -2.27. The van der Waals surface area contributed by atoms with Gasteiger partial charge in [-0.3, -0.25) is 4.79 Å². The SMILES string of the molecule is COc1cccc(C(F)F)c1CC(C)(C)C(=O)O. The molecule has 0 amide bonds. The maximum Gasteiger partial charge on any atom is 0.309 e. The fourth-order valence-electron chi connectivity index (χ4n) is 1.69. The fraction of sp³-hybridized carbons (Fsp3) is 0.462. The number of carbonyl (C=O) groups is 1. The van der Waals surface area contributed by atoms with E-state index < -0.39 is 17.8 Å². The normalized spacial score (nSPS) is 11.7. The molecule has 0 fully saturated rings. The number of carboxylic acids is 1. The number of aliphatic carboxylic acids is 1. The first-order valence-electron chi connectivity index (χ1n) is 5.47. The van der Waals surface area contributed by atoms with E-state index in [1.165, 1.54) is 33.1 Å². The van der Waals surface area contributed by atoms with Crippen LogP contribution in [-0.4, -0.2) is 18.2 Å². The standard InChI is InChI=1S/C13H16F2O3/c1-13(2,12(16)17)7-9-8(11(14)15)5-4-6-10(9)18-3/h4-6,11H,7H2,1-3H3,(H,16,17). The molecule has 1 aromatic rings. The van der Waals surface area contributed by atoms with Crippen LogP contribution in [0, 0.1) is 5.41 Å². The summed E-state index contributed by atoms with van der Waals surface area (Å²) in [7, 11) is 1.38. The zero-order chi connectivity index (χ0) is 13.9. The van der Waals surface area contributed by atoms with Crippen LogP contribution in [0.25, 0.3) is 0 Å². The topological polar surface area (TPSA) is 46.5 Å². The minimum absolute atomic E-state index is 0.00792. The minimum Gasteiger partial charge on any atom is -0.496 e. The molecule has 0 atom stereocenters. The van der Waals surface area contributed by atoms with Crippen molar-refractivity contribution < 1.29 is 23.4 Å². The summed E-state index contributed by atoms with van der Waals surface area (Å²) < 4.78 is 30.9. The van der Waals surface area contributed by atoms with Gasteiger partial charge >= 0.3 is 5.97 Å². The van der Waals surface area contributed by atoms with E-state index in [-0.39, 0.29) is 17.5 Å². The van der Waals surface area contributed by atoms with E-state index in [0.29, 0.717) is 5.75 Å². The van der Waals surface area contributed by atoms with E-state index >= 15 is 0 Å². The molecule has 0 saturated heterocycles. The summed E-state index contributed by atoms with van der Waals surface area (Å²) in [6.45, 7) is 2.99. The molecule has 5 heteroatoms. The third-order valence-electron chi connectivity index (χ3n) is 2.82. The average Bonchev–Trinajstić information content (AvgIpc) is 2.28. The van der Waals surface area contributed by atoms with Gasteiger partial charge in [-0.1, -0.05) is 12.1 Å². The van der Waals surface area contributed by atoms with E-state index in [1.54, 1.807) is 6.07 Å². The number of ether oxygens (including phenoxy) is 1. The van der Waals surface area contributed by atoms with Crippen LogP contribution in [0.15, 0.2) is 18.2 Å². The van der Waals surface area contributed by atoms with Gasteiger partial charge < -0.3 is 9.84 Å². The van der Waals surface area contributed by atoms with Crippen LogP contribution < -0.4 is 4.74 Å². The third-order valence-corrected chi connectivity index (χ3v) is 2.82. The number of halogens is 2. The van der Waals surface area contributed by atoms with Gasteiger partial charge in [0, 0.05) is 11.1 Å². The molecule has 100 valence electrons. The Morgan fingerprint density at radius 2 is 2.06 bits per heavy atom. The number of hydrogen-bond acceptors (Lipinski definition) is 2. The molecule has 1 N–H and O–H groups in total. The van der Waals surface area contributed by atoms with Crippen molar-refractivity contribution in [2.24, 2.45) is 5.41 Å². The molecule has 0 radical (unpaired) electrons. The molecule has 0 aliphatic rings. The Hall–Kier alpha value is -1.65. The lowest BCUT2D eigenvalue weighted by molar-refractivity contribution is -0.146. The highest BCUT2D eigenvalue weighted by Crippen LogP contribution is 2.35. The molecule has 0 unspecified atom stereocenters. The van der Waals surface area contributed by atoms with E-state index in [2.05, 4.69) is 0 Å². The van der Waals surface area contributed by atoms with Crippen molar-refractivity contribution in [1.29, 1.82) is 0 Å². The second-order valence-electron chi connectivity index (χ2n) is 4.69. The van der Waals surface area contributed by atoms with Gasteiger partial charge in [0.2, 0.25) is 0 Å². The van der Waals surface area contributed by atoms with Crippen LogP contribution in [0.3, 0.4) is 0 Å². The highest BCUT2D eigenvalue weighted by atomic mass is 19.3. The van der Waals surface area contributed by atoms with Gasteiger partial charge in [0.25, 0.3) is 6.43 Å². The molecule has 0 aromatic heterocycles. The van der Waals surface area contributed by atoms with Crippen LogP contribution in [0.4, 0.5) is 8.78 Å². The summed E-state index contributed by atoms with van der Waals surface area (Å²) in [5.41, 5.74) is -1.05. The van der Waals surface area contributed by atoms with Gasteiger partial charge in [0.15, 0.2) is 0 Å². The van der Waals surface area contributed by atoms with Gasteiger partial charge in [-0.05, 0) is 26.3 Å². The molecule has 1 aromatic carbocycles. The number of hydrogen-bond donors (Lipinski definition) is 1. The smallest absolute Gasteiger partial charge is 0.309 e. The molecule has 0 aliphatic carbocycles. The predicted octanol–water partition coefficient (Wildman–Crippen LogP) is 3.29. The number of rotatable bonds is 5.